The Morgan fingerprint density at radius 2 is 2.32 bits per heavy atom. The molecule has 1 unspecified atom stereocenters. The second-order valence-electron chi connectivity index (χ2n) is 5.99. The molecule has 1 aromatic carbocycles. The summed E-state index contributed by atoms with van der Waals surface area (Å²) in [7, 11) is 0. The first-order valence-electron chi connectivity index (χ1n) is 8.21. The van der Waals surface area contributed by atoms with Crippen molar-refractivity contribution in [2.75, 3.05) is 19.6 Å². The van der Waals surface area contributed by atoms with Crippen LogP contribution in [-0.2, 0) is 0 Å². The van der Waals surface area contributed by atoms with E-state index in [1.807, 2.05) is 0 Å². The molecule has 1 amide bonds. The Balaban J connectivity index is 1.70. The summed E-state index contributed by atoms with van der Waals surface area (Å²) in [6, 6.07) is 6.17. The highest BCUT2D eigenvalue weighted by molar-refractivity contribution is 5.99. The van der Waals surface area contributed by atoms with Crippen LogP contribution in [0.15, 0.2) is 30.5 Å². The molecule has 134 valence electrons. The lowest BCUT2D eigenvalue weighted by molar-refractivity contribution is -0.0498. The average Bonchev–Trinajstić information content (AvgIpc) is 3.10. The van der Waals surface area contributed by atoms with Crippen LogP contribution in [0, 0.1) is 5.92 Å². The standard InChI is InChI=1S/C17H20F2N4O2/c18-17(19)25-13-5-1-4-12(7-13)15-14(10-22-23-15)16(24)21-9-11-3-2-6-20-8-11/h1,4-5,7,10-11,17,20H,2-3,6,8-9H2,(H,21,24)(H,22,23). The summed E-state index contributed by atoms with van der Waals surface area (Å²) >= 11 is 0. The number of hydrogen-bond donors (Lipinski definition) is 3. The number of carbonyl (C=O) groups is 1. The molecule has 3 N–H and O–H groups in total. The molecule has 1 aromatic heterocycles. The van der Waals surface area contributed by atoms with Crippen LogP contribution in [0.3, 0.4) is 0 Å². The zero-order valence-corrected chi connectivity index (χ0v) is 13.6. The number of hydrogen-bond acceptors (Lipinski definition) is 4. The summed E-state index contributed by atoms with van der Waals surface area (Å²) < 4.78 is 29.1. The molecular weight excluding hydrogens is 330 g/mol. The van der Waals surface area contributed by atoms with Gasteiger partial charge in [0.1, 0.15) is 5.75 Å². The summed E-state index contributed by atoms with van der Waals surface area (Å²) in [4.78, 5) is 12.5. The third-order valence-corrected chi connectivity index (χ3v) is 4.18. The van der Waals surface area contributed by atoms with Gasteiger partial charge in [-0.05, 0) is 44.0 Å². The largest absolute Gasteiger partial charge is 0.435 e. The Bertz CT molecular complexity index is 714. The monoisotopic (exact) mass is 350 g/mol. The van der Waals surface area contributed by atoms with Gasteiger partial charge in [-0.2, -0.15) is 13.9 Å². The molecule has 1 fully saturated rings. The minimum Gasteiger partial charge on any atom is -0.435 e. The second-order valence-corrected chi connectivity index (χ2v) is 5.99. The van der Waals surface area contributed by atoms with Crippen molar-refractivity contribution in [2.24, 2.45) is 5.92 Å². The maximum atomic E-state index is 12.5. The first kappa shape index (κ1) is 17.3. The predicted octanol–water partition coefficient (Wildman–Crippen LogP) is 2.41. The lowest BCUT2D eigenvalue weighted by Gasteiger charge is -2.22. The number of ether oxygens (including phenoxy) is 1. The molecule has 6 nitrogen and oxygen atoms in total. The molecule has 25 heavy (non-hydrogen) atoms. The molecule has 1 aliphatic heterocycles. The minimum atomic E-state index is -2.90. The van der Waals surface area contributed by atoms with E-state index in [9.17, 15) is 13.6 Å². The molecule has 1 saturated heterocycles. The van der Waals surface area contributed by atoms with Crippen molar-refractivity contribution in [1.82, 2.24) is 20.8 Å². The van der Waals surface area contributed by atoms with Gasteiger partial charge in [-0.25, -0.2) is 0 Å². The predicted molar refractivity (Wildman–Crippen MR) is 88.6 cm³/mol. The number of piperidine rings is 1. The van der Waals surface area contributed by atoms with Crippen molar-refractivity contribution in [3.63, 3.8) is 0 Å². The highest BCUT2D eigenvalue weighted by Crippen LogP contribution is 2.26. The average molecular weight is 350 g/mol. The minimum absolute atomic E-state index is 0.0294. The number of aromatic amines is 1. The van der Waals surface area contributed by atoms with Crippen LogP contribution in [0.4, 0.5) is 8.78 Å². The summed E-state index contributed by atoms with van der Waals surface area (Å²) in [5.41, 5.74) is 1.40. The summed E-state index contributed by atoms with van der Waals surface area (Å²) in [5, 5.41) is 12.9. The Kier molecular flexibility index (Phi) is 5.60. The Hall–Kier alpha value is -2.48. The van der Waals surface area contributed by atoms with E-state index in [0.29, 0.717) is 29.3 Å². The van der Waals surface area contributed by atoms with Crippen LogP contribution in [0.5, 0.6) is 5.75 Å². The zero-order chi connectivity index (χ0) is 17.6. The highest BCUT2D eigenvalue weighted by Gasteiger charge is 2.18. The molecule has 0 bridgehead atoms. The number of rotatable bonds is 6. The number of carbonyl (C=O) groups excluding carboxylic acids is 1. The van der Waals surface area contributed by atoms with Crippen molar-refractivity contribution in [3.8, 4) is 17.0 Å². The number of H-pyrrole nitrogens is 1. The molecule has 2 aromatic rings. The van der Waals surface area contributed by atoms with Gasteiger partial charge < -0.3 is 15.4 Å². The molecule has 8 heteroatoms. The van der Waals surface area contributed by atoms with E-state index in [-0.39, 0.29) is 11.7 Å². The van der Waals surface area contributed by atoms with Gasteiger partial charge >= 0.3 is 6.61 Å². The lowest BCUT2D eigenvalue weighted by atomic mass is 9.99. The summed E-state index contributed by atoms with van der Waals surface area (Å²) in [6.07, 6.45) is 3.62. The molecule has 1 aliphatic rings. The smallest absolute Gasteiger partial charge is 0.387 e. The fourth-order valence-electron chi connectivity index (χ4n) is 2.94. The van der Waals surface area contributed by atoms with Crippen molar-refractivity contribution < 1.29 is 18.3 Å². The molecule has 0 saturated carbocycles. The second kappa shape index (κ2) is 8.06. The third kappa shape index (κ3) is 4.54. The van der Waals surface area contributed by atoms with E-state index in [1.165, 1.54) is 18.3 Å². The van der Waals surface area contributed by atoms with Crippen molar-refractivity contribution in [3.05, 3.63) is 36.0 Å². The van der Waals surface area contributed by atoms with Gasteiger partial charge in [0, 0.05) is 12.1 Å². The Morgan fingerprint density at radius 3 is 3.08 bits per heavy atom. The molecule has 1 atom stereocenters. The number of amides is 1. The van der Waals surface area contributed by atoms with Crippen molar-refractivity contribution in [2.45, 2.75) is 19.5 Å². The van der Waals surface area contributed by atoms with E-state index in [1.54, 1.807) is 12.1 Å². The first-order valence-corrected chi connectivity index (χ1v) is 8.21. The van der Waals surface area contributed by atoms with Crippen LogP contribution in [0.1, 0.15) is 23.2 Å². The molecule has 0 radical (unpaired) electrons. The lowest BCUT2D eigenvalue weighted by Crippen LogP contribution is -2.38. The van der Waals surface area contributed by atoms with E-state index in [4.69, 9.17) is 0 Å². The SMILES string of the molecule is O=C(NCC1CCCNC1)c1cn[nH]c1-c1cccc(OC(F)F)c1. The number of alkyl halides is 2. The zero-order valence-electron chi connectivity index (χ0n) is 13.6. The fraction of sp³-hybridized carbons (Fsp3) is 0.412. The van der Waals surface area contributed by atoms with E-state index in [0.717, 1.165) is 25.9 Å². The number of nitrogens with one attached hydrogen (secondary N) is 3. The highest BCUT2D eigenvalue weighted by atomic mass is 19.3. The maximum Gasteiger partial charge on any atom is 0.387 e. The molecular formula is C17H20F2N4O2. The first-order chi connectivity index (χ1) is 12.1. The third-order valence-electron chi connectivity index (χ3n) is 4.18. The Labute approximate surface area is 144 Å². The van der Waals surface area contributed by atoms with Crippen LogP contribution in [-0.4, -0.2) is 42.4 Å². The van der Waals surface area contributed by atoms with Gasteiger partial charge in [0.2, 0.25) is 0 Å². The Morgan fingerprint density at radius 1 is 1.44 bits per heavy atom. The number of halogens is 2. The van der Waals surface area contributed by atoms with E-state index in [2.05, 4.69) is 25.6 Å². The van der Waals surface area contributed by atoms with Crippen LogP contribution in [0.2, 0.25) is 0 Å². The molecule has 3 rings (SSSR count). The van der Waals surface area contributed by atoms with Gasteiger partial charge in [-0.15, -0.1) is 0 Å². The molecule has 0 spiro atoms. The van der Waals surface area contributed by atoms with Crippen LogP contribution < -0.4 is 15.4 Å². The van der Waals surface area contributed by atoms with Gasteiger partial charge in [0.05, 0.1) is 17.5 Å². The van der Waals surface area contributed by atoms with Crippen molar-refractivity contribution in [1.29, 1.82) is 0 Å². The number of aromatic nitrogens is 2. The van der Waals surface area contributed by atoms with Gasteiger partial charge in [0.15, 0.2) is 0 Å². The van der Waals surface area contributed by atoms with Gasteiger partial charge in [-0.1, -0.05) is 12.1 Å². The van der Waals surface area contributed by atoms with Crippen LogP contribution in [0.25, 0.3) is 11.3 Å². The number of benzene rings is 1. The van der Waals surface area contributed by atoms with E-state index < -0.39 is 6.61 Å². The molecule has 0 aliphatic carbocycles. The van der Waals surface area contributed by atoms with Crippen molar-refractivity contribution >= 4 is 5.91 Å². The summed E-state index contributed by atoms with van der Waals surface area (Å²) in [5.74, 6) is 0.201. The normalized spacial score (nSPS) is 17.5. The van der Waals surface area contributed by atoms with E-state index >= 15 is 0 Å². The van der Waals surface area contributed by atoms with Gasteiger partial charge in [-0.3, -0.25) is 9.89 Å². The quantitative estimate of drug-likeness (QED) is 0.748. The maximum absolute atomic E-state index is 12.5. The topological polar surface area (TPSA) is 79.0 Å². The molecule has 2 heterocycles. The van der Waals surface area contributed by atoms with Crippen LogP contribution >= 0.6 is 0 Å². The summed E-state index contributed by atoms with van der Waals surface area (Å²) in [6.45, 7) is -0.395. The fourth-order valence-corrected chi connectivity index (χ4v) is 2.94. The van der Waals surface area contributed by atoms with Gasteiger partial charge in [0.25, 0.3) is 5.91 Å². The number of nitrogens with zero attached hydrogens (tertiary/aromatic N) is 1.